The molecule has 0 bridgehead atoms. The Morgan fingerprint density at radius 2 is 2.18 bits per heavy atom. The largest absolute Gasteiger partial charge is 0.457 e. The highest BCUT2D eigenvalue weighted by Crippen LogP contribution is 2.02. The average Bonchev–Trinajstić information content (AvgIpc) is 2.35. The standard InChI is InChI=1S/C13H13NO3/c1-3-5-10(4-2)9-17-13(16)11-6-7-12(15)14-8-11/h3-8H,1-2,9H2,(H,14,15)/b10-5+. The minimum absolute atomic E-state index is 0.119. The average molecular weight is 231 g/mol. The van der Waals surface area contributed by atoms with E-state index in [1.165, 1.54) is 18.3 Å². The first-order valence-electron chi connectivity index (χ1n) is 4.97. The predicted molar refractivity (Wildman–Crippen MR) is 65.8 cm³/mol. The Balaban J connectivity index is 2.64. The van der Waals surface area contributed by atoms with Crippen molar-refractivity contribution in [1.29, 1.82) is 0 Å². The number of nitrogens with one attached hydrogen (secondary N) is 1. The molecule has 0 unspecified atom stereocenters. The van der Waals surface area contributed by atoms with E-state index in [1.54, 1.807) is 18.2 Å². The maximum atomic E-state index is 11.5. The van der Waals surface area contributed by atoms with Crippen molar-refractivity contribution in [3.05, 3.63) is 71.2 Å². The predicted octanol–water partition coefficient (Wildman–Crippen LogP) is 1.83. The Bertz CT molecular complexity index is 491. The van der Waals surface area contributed by atoms with Crippen LogP contribution in [-0.4, -0.2) is 17.6 Å². The van der Waals surface area contributed by atoms with Gasteiger partial charge in [-0.2, -0.15) is 0 Å². The zero-order valence-corrected chi connectivity index (χ0v) is 9.31. The summed E-state index contributed by atoms with van der Waals surface area (Å²) in [6.45, 7) is 7.24. The smallest absolute Gasteiger partial charge is 0.339 e. The van der Waals surface area contributed by atoms with Gasteiger partial charge in [-0.1, -0.05) is 31.4 Å². The van der Waals surface area contributed by atoms with E-state index in [0.29, 0.717) is 5.56 Å². The van der Waals surface area contributed by atoms with Crippen molar-refractivity contribution < 1.29 is 9.53 Å². The summed E-state index contributed by atoms with van der Waals surface area (Å²) in [5.41, 5.74) is 0.782. The summed E-state index contributed by atoms with van der Waals surface area (Å²) >= 11 is 0. The van der Waals surface area contributed by atoms with Crippen molar-refractivity contribution in [2.45, 2.75) is 0 Å². The Kier molecular flexibility index (Phi) is 4.69. The molecule has 0 aliphatic rings. The number of carbonyl (C=O) groups excluding carboxylic acids is 1. The van der Waals surface area contributed by atoms with Crippen LogP contribution in [0.5, 0.6) is 0 Å². The minimum Gasteiger partial charge on any atom is -0.457 e. The SMILES string of the molecule is C=C/C=C(\C=C)COC(=O)c1ccc(=O)[nH]c1. The lowest BCUT2D eigenvalue weighted by molar-refractivity contribution is 0.0542. The molecule has 0 atom stereocenters. The van der Waals surface area contributed by atoms with Crippen LogP contribution in [-0.2, 0) is 4.74 Å². The molecule has 0 aliphatic carbocycles. The van der Waals surface area contributed by atoms with E-state index >= 15 is 0 Å². The van der Waals surface area contributed by atoms with Gasteiger partial charge in [-0.25, -0.2) is 4.79 Å². The van der Waals surface area contributed by atoms with Gasteiger partial charge in [0.15, 0.2) is 0 Å². The first-order chi connectivity index (χ1) is 8.17. The van der Waals surface area contributed by atoms with Crippen LogP contribution < -0.4 is 5.56 Å². The highest BCUT2D eigenvalue weighted by atomic mass is 16.5. The second-order valence-electron chi connectivity index (χ2n) is 3.20. The maximum Gasteiger partial charge on any atom is 0.339 e. The Morgan fingerprint density at radius 3 is 2.71 bits per heavy atom. The molecule has 0 aliphatic heterocycles. The van der Waals surface area contributed by atoms with Crippen LogP contribution in [0, 0.1) is 0 Å². The minimum atomic E-state index is -0.502. The number of pyridine rings is 1. The van der Waals surface area contributed by atoms with Crippen molar-refractivity contribution in [2.75, 3.05) is 6.61 Å². The second kappa shape index (κ2) is 6.27. The summed E-state index contributed by atoms with van der Waals surface area (Å²) in [6.07, 6.45) is 6.19. The van der Waals surface area contributed by atoms with E-state index in [-0.39, 0.29) is 12.2 Å². The molecule has 4 heteroatoms. The van der Waals surface area contributed by atoms with Gasteiger partial charge in [-0.05, 0) is 11.6 Å². The van der Waals surface area contributed by atoms with E-state index in [4.69, 9.17) is 4.74 Å². The number of rotatable bonds is 5. The first kappa shape index (κ1) is 12.7. The van der Waals surface area contributed by atoms with Crippen LogP contribution in [0.3, 0.4) is 0 Å². The molecule has 1 rings (SSSR count). The fourth-order valence-corrected chi connectivity index (χ4v) is 1.10. The monoisotopic (exact) mass is 231 g/mol. The third-order valence-electron chi connectivity index (χ3n) is 1.98. The molecule has 1 aromatic heterocycles. The quantitative estimate of drug-likeness (QED) is 0.621. The first-order valence-corrected chi connectivity index (χ1v) is 4.97. The molecular formula is C13H13NO3. The van der Waals surface area contributed by atoms with E-state index < -0.39 is 5.97 Å². The van der Waals surface area contributed by atoms with Crippen LogP contribution in [0.15, 0.2) is 60.1 Å². The van der Waals surface area contributed by atoms with E-state index in [2.05, 4.69) is 18.1 Å². The Morgan fingerprint density at radius 1 is 1.41 bits per heavy atom. The lowest BCUT2D eigenvalue weighted by Gasteiger charge is -2.04. The zero-order chi connectivity index (χ0) is 12.7. The van der Waals surface area contributed by atoms with Gasteiger partial charge < -0.3 is 9.72 Å². The third-order valence-corrected chi connectivity index (χ3v) is 1.98. The van der Waals surface area contributed by atoms with E-state index in [1.807, 2.05) is 0 Å². The van der Waals surface area contributed by atoms with Gasteiger partial charge in [0, 0.05) is 12.3 Å². The fraction of sp³-hybridized carbons (Fsp3) is 0.0769. The lowest BCUT2D eigenvalue weighted by Crippen LogP contribution is -2.11. The van der Waals surface area contributed by atoms with Crippen molar-refractivity contribution in [2.24, 2.45) is 0 Å². The van der Waals surface area contributed by atoms with Crippen molar-refractivity contribution in [1.82, 2.24) is 4.98 Å². The molecule has 1 N–H and O–H groups in total. The number of aromatic amines is 1. The van der Waals surface area contributed by atoms with Crippen LogP contribution in [0.2, 0.25) is 0 Å². The summed E-state index contributed by atoms with van der Waals surface area (Å²) in [4.78, 5) is 24.7. The molecule has 0 spiro atoms. The van der Waals surface area contributed by atoms with Crippen molar-refractivity contribution >= 4 is 5.97 Å². The number of ether oxygens (including phenoxy) is 1. The Hall–Kier alpha value is -2.36. The van der Waals surface area contributed by atoms with Crippen LogP contribution in [0.25, 0.3) is 0 Å². The summed E-state index contributed by atoms with van der Waals surface area (Å²) in [6, 6.07) is 2.68. The van der Waals surface area contributed by atoms with Crippen molar-refractivity contribution in [3.63, 3.8) is 0 Å². The van der Waals surface area contributed by atoms with Gasteiger partial charge in [0.05, 0.1) is 5.56 Å². The molecule has 1 heterocycles. The molecule has 0 saturated heterocycles. The van der Waals surface area contributed by atoms with Gasteiger partial charge in [-0.3, -0.25) is 4.79 Å². The fourth-order valence-electron chi connectivity index (χ4n) is 1.10. The molecule has 17 heavy (non-hydrogen) atoms. The molecule has 0 aromatic carbocycles. The third kappa shape index (κ3) is 3.95. The number of H-pyrrole nitrogens is 1. The number of hydrogen-bond donors (Lipinski definition) is 1. The number of hydrogen-bond acceptors (Lipinski definition) is 3. The molecule has 0 fully saturated rings. The summed E-state index contributed by atoms with van der Waals surface area (Å²) in [5.74, 6) is -0.502. The zero-order valence-electron chi connectivity index (χ0n) is 9.31. The van der Waals surface area contributed by atoms with Crippen LogP contribution >= 0.6 is 0 Å². The number of aromatic nitrogens is 1. The van der Waals surface area contributed by atoms with Crippen LogP contribution in [0.1, 0.15) is 10.4 Å². The van der Waals surface area contributed by atoms with E-state index in [0.717, 1.165) is 5.57 Å². The van der Waals surface area contributed by atoms with Gasteiger partial charge in [0.2, 0.25) is 5.56 Å². The summed E-state index contributed by atoms with van der Waals surface area (Å²) in [7, 11) is 0. The van der Waals surface area contributed by atoms with Crippen LogP contribution in [0.4, 0.5) is 0 Å². The molecule has 88 valence electrons. The van der Waals surface area contributed by atoms with E-state index in [9.17, 15) is 9.59 Å². The summed E-state index contributed by atoms with van der Waals surface area (Å²) < 4.78 is 5.03. The molecular weight excluding hydrogens is 218 g/mol. The van der Waals surface area contributed by atoms with Gasteiger partial charge in [0.1, 0.15) is 6.61 Å². The molecule has 1 aromatic rings. The normalized spacial score (nSPS) is 10.7. The molecule has 0 radical (unpaired) electrons. The van der Waals surface area contributed by atoms with Gasteiger partial charge in [-0.15, -0.1) is 0 Å². The molecule has 4 nitrogen and oxygen atoms in total. The highest BCUT2D eigenvalue weighted by Gasteiger charge is 2.06. The topological polar surface area (TPSA) is 59.2 Å². The number of allylic oxidation sites excluding steroid dienone is 2. The summed E-state index contributed by atoms with van der Waals surface area (Å²) in [5, 5.41) is 0. The second-order valence-corrected chi connectivity index (χ2v) is 3.20. The Labute approximate surface area is 98.9 Å². The molecule has 0 saturated carbocycles. The van der Waals surface area contributed by atoms with Crippen molar-refractivity contribution in [3.8, 4) is 0 Å². The molecule has 0 amide bonds. The maximum absolute atomic E-state index is 11.5. The number of carbonyl (C=O) groups is 1. The lowest BCUT2D eigenvalue weighted by atomic mass is 10.2. The number of esters is 1. The van der Waals surface area contributed by atoms with Gasteiger partial charge in [0.25, 0.3) is 0 Å². The highest BCUT2D eigenvalue weighted by molar-refractivity contribution is 5.89. The van der Waals surface area contributed by atoms with Gasteiger partial charge >= 0.3 is 5.97 Å².